The van der Waals surface area contributed by atoms with Crippen molar-refractivity contribution in [3.63, 3.8) is 0 Å². The van der Waals surface area contributed by atoms with E-state index in [1.165, 1.54) is 12.1 Å². The SMILES string of the molecule is CCNCC1CCN(C(=O)C2CC2c2ccccc2OC(F)(F)F)CC1. The third kappa shape index (κ3) is 4.69. The van der Waals surface area contributed by atoms with Crippen molar-refractivity contribution in [2.45, 2.75) is 38.5 Å². The van der Waals surface area contributed by atoms with Gasteiger partial charge in [-0.2, -0.15) is 0 Å². The molecular weight excluding hydrogens is 345 g/mol. The molecule has 0 bridgehead atoms. The molecule has 1 heterocycles. The first-order chi connectivity index (χ1) is 12.4. The number of ether oxygens (including phenoxy) is 1. The number of halogens is 3. The largest absolute Gasteiger partial charge is 0.573 e. The number of hydrogen-bond acceptors (Lipinski definition) is 3. The molecule has 7 heteroatoms. The van der Waals surface area contributed by atoms with Gasteiger partial charge in [-0.15, -0.1) is 13.2 Å². The summed E-state index contributed by atoms with van der Waals surface area (Å²) in [5.41, 5.74) is 0.477. The van der Waals surface area contributed by atoms with Crippen LogP contribution in [0.2, 0.25) is 0 Å². The number of carbonyl (C=O) groups is 1. The molecule has 1 saturated heterocycles. The Morgan fingerprint density at radius 1 is 1.27 bits per heavy atom. The Balaban J connectivity index is 1.57. The van der Waals surface area contributed by atoms with Gasteiger partial charge in [0.2, 0.25) is 5.91 Å². The van der Waals surface area contributed by atoms with Crippen LogP contribution in [0, 0.1) is 11.8 Å². The van der Waals surface area contributed by atoms with E-state index >= 15 is 0 Å². The molecule has 1 aliphatic heterocycles. The molecule has 0 radical (unpaired) electrons. The minimum atomic E-state index is -4.72. The summed E-state index contributed by atoms with van der Waals surface area (Å²) in [6.45, 7) is 5.47. The van der Waals surface area contributed by atoms with Gasteiger partial charge in [0.05, 0.1) is 0 Å². The number of hydrogen-bond donors (Lipinski definition) is 1. The first kappa shape index (κ1) is 19.0. The van der Waals surface area contributed by atoms with Crippen LogP contribution in [-0.4, -0.2) is 43.3 Å². The molecule has 2 fully saturated rings. The van der Waals surface area contributed by atoms with Gasteiger partial charge >= 0.3 is 6.36 Å². The number of rotatable bonds is 6. The van der Waals surface area contributed by atoms with Crippen molar-refractivity contribution in [2.24, 2.45) is 11.8 Å². The summed E-state index contributed by atoms with van der Waals surface area (Å²) in [7, 11) is 0. The van der Waals surface area contributed by atoms with Gasteiger partial charge in [-0.25, -0.2) is 0 Å². The van der Waals surface area contributed by atoms with Crippen molar-refractivity contribution in [1.29, 1.82) is 0 Å². The zero-order valence-electron chi connectivity index (χ0n) is 14.9. The Labute approximate surface area is 151 Å². The predicted molar refractivity (Wildman–Crippen MR) is 91.8 cm³/mol. The van der Waals surface area contributed by atoms with Crippen LogP contribution in [0.1, 0.15) is 37.7 Å². The highest BCUT2D eigenvalue weighted by atomic mass is 19.4. The predicted octanol–water partition coefficient (Wildman–Crippen LogP) is 3.54. The summed E-state index contributed by atoms with van der Waals surface area (Å²) in [6.07, 6.45) is -2.18. The maximum absolute atomic E-state index is 12.7. The van der Waals surface area contributed by atoms with Crippen LogP contribution >= 0.6 is 0 Å². The molecule has 1 aliphatic carbocycles. The summed E-state index contributed by atoms with van der Waals surface area (Å²) < 4.78 is 41.9. The fraction of sp³-hybridized carbons (Fsp3) is 0.632. The van der Waals surface area contributed by atoms with Crippen molar-refractivity contribution in [3.05, 3.63) is 29.8 Å². The smallest absolute Gasteiger partial charge is 0.405 e. The number of nitrogens with one attached hydrogen (secondary N) is 1. The van der Waals surface area contributed by atoms with E-state index in [2.05, 4.69) is 17.0 Å². The topological polar surface area (TPSA) is 41.6 Å². The standard InChI is InChI=1S/C19H25F3N2O2/c1-2-23-12-13-7-9-24(10-8-13)18(25)16-11-15(16)14-5-3-4-6-17(14)26-19(20,21)22/h3-6,13,15-16,23H,2,7-12H2,1H3. The molecule has 1 amide bonds. The van der Waals surface area contributed by atoms with Crippen LogP contribution in [0.4, 0.5) is 13.2 Å². The molecule has 0 spiro atoms. The Hall–Kier alpha value is -1.76. The van der Waals surface area contributed by atoms with E-state index in [0.717, 1.165) is 39.0 Å². The Kier molecular flexibility index (Phi) is 5.75. The lowest BCUT2D eigenvalue weighted by atomic mass is 9.96. The summed E-state index contributed by atoms with van der Waals surface area (Å²) in [5.74, 6) is 0.0668. The zero-order chi connectivity index (χ0) is 18.7. The molecule has 2 unspecified atom stereocenters. The summed E-state index contributed by atoms with van der Waals surface area (Å²) in [6, 6.07) is 6.14. The average molecular weight is 370 g/mol. The molecule has 0 aromatic heterocycles. The quantitative estimate of drug-likeness (QED) is 0.833. The number of carbonyl (C=O) groups excluding carboxylic acids is 1. The number of alkyl halides is 3. The van der Waals surface area contributed by atoms with E-state index in [-0.39, 0.29) is 23.5 Å². The van der Waals surface area contributed by atoms with E-state index < -0.39 is 6.36 Å². The van der Waals surface area contributed by atoms with Gasteiger partial charge in [-0.1, -0.05) is 25.1 Å². The molecule has 2 atom stereocenters. The van der Waals surface area contributed by atoms with Crippen LogP contribution in [0.5, 0.6) is 5.75 Å². The van der Waals surface area contributed by atoms with Gasteiger partial charge in [0.25, 0.3) is 0 Å². The van der Waals surface area contributed by atoms with Gasteiger partial charge in [-0.05, 0) is 55.8 Å². The highest BCUT2D eigenvalue weighted by Gasteiger charge is 2.48. The second-order valence-electron chi connectivity index (χ2n) is 7.11. The third-order valence-corrected chi connectivity index (χ3v) is 5.26. The molecule has 144 valence electrons. The van der Waals surface area contributed by atoms with Crippen molar-refractivity contribution in [3.8, 4) is 5.75 Å². The summed E-state index contributed by atoms with van der Waals surface area (Å²) in [4.78, 5) is 14.6. The van der Waals surface area contributed by atoms with Crippen molar-refractivity contribution < 1.29 is 22.7 Å². The van der Waals surface area contributed by atoms with E-state index in [4.69, 9.17) is 0 Å². The second kappa shape index (κ2) is 7.86. The number of likely N-dealkylation sites (tertiary alicyclic amines) is 1. The lowest BCUT2D eigenvalue weighted by Gasteiger charge is -2.32. The van der Waals surface area contributed by atoms with E-state index in [9.17, 15) is 18.0 Å². The fourth-order valence-corrected chi connectivity index (χ4v) is 3.76. The molecule has 4 nitrogen and oxygen atoms in total. The fourth-order valence-electron chi connectivity index (χ4n) is 3.76. The van der Waals surface area contributed by atoms with E-state index in [1.807, 2.05) is 4.90 Å². The average Bonchev–Trinajstić information content (AvgIpc) is 3.39. The van der Waals surface area contributed by atoms with Crippen LogP contribution < -0.4 is 10.1 Å². The van der Waals surface area contributed by atoms with Crippen LogP contribution in [0.3, 0.4) is 0 Å². The molecule has 1 aromatic rings. The van der Waals surface area contributed by atoms with Crippen molar-refractivity contribution in [2.75, 3.05) is 26.2 Å². The van der Waals surface area contributed by atoms with Gasteiger partial charge in [0.1, 0.15) is 5.75 Å². The number of para-hydroxylation sites is 1. The van der Waals surface area contributed by atoms with Gasteiger partial charge in [0, 0.05) is 19.0 Å². The Bertz CT molecular complexity index is 627. The van der Waals surface area contributed by atoms with Crippen LogP contribution in [0.25, 0.3) is 0 Å². The Morgan fingerprint density at radius 3 is 2.62 bits per heavy atom. The summed E-state index contributed by atoms with van der Waals surface area (Å²) >= 11 is 0. The molecule has 1 saturated carbocycles. The highest BCUT2D eigenvalue weighted by Crippen LogP contribution is 2.52. The minimum Gasteiger partial charge on any atom is -0.405 e. The first-order valence-corrected chi connectivity index (χ1v) is 9.23. The van der Waals surface area contributed by atoms with Crippen molar-refractivity contribution >= 4 is 5.91 Å². The maximum atomic E-state index is 12.7. The monoisotopic (exact) mass is 370 g/mol. The molecular formula is C19H25F3N2O2. The number of nitrogens with zero attached hydrogens (tertiary/aromatic N) is 1. The zero-order valence-corrected chi connectivity index (χ0v) is 14.9. The molecule has 26 heavy (non-hydrogen) atoms. The summed E-state index contributed by atoms with van der Waals surface area (Å²) in [5, 5.41) is 3.34. The van der Waals surface area contributed by atoms with Crippen LogP contribution in [0.15, 0.2) is 24.3 Å². The molecule has 3 rings (SSSR count). The number of benzene rings is 1. The van der Waals surface area contributed by atoms with E-state index in [0.29, 0.717) is 17.9 Å². The lowest BCUT2D eigenvalue weighted by molar-refractivity contribution is -0.274. The van der Waals surface area contributed by atoms with Gasteiger partial charge < -0.3 is 15.0 Å². The number of piperidine rings is 1. The maximum Gasteiger partial charge on any atom is 0.573 e. The third-order valence-electron chi connectivity index (χ3n) is 5.26. The lowest BCUT2D eigenvalue weighted by Crippen LogP contribution is -2.41. The Morgan fingerprint density at radius 2 is 1.96 bits per heavy atom. The number of amides is 1. The highest BCUT2D eigenvalue weighted by molar-refractivity contribution is 5.83. The normalized spacial score (nSPS) is 23.8. The van der Waals surface area contributed by atoms with Gasteiger partial charge in [-0.3, -0.25) is 4.79 Å². The first-order valence-electron chi connectivity index (χ1n) is 9.23. The van der Waals surface area contributed by atoms with Crippen LogP contribution in [-0.2, 0) is 4.79 Å². The second-order valence-corrected chi connectivity index (χ2v) is 7.11. The molecule has 1 N–H and O–H groups in total. The van der Waals surface area contributed by atoms with E-state index in [1.54, 1.807) is 12.1 Å². The minimum absolute atomic E-state index is 0.0683. The molecule has 1 aromatic carbocycles. The van der Waals surface area contributed by atoms with Crippen molar-refractivity contribution in [1.82, 2.24) is 10.2 Å². The molecule has 2 aliphatic rings. The van der Waals surface area contributed by atoms with Gasteiger partial charge in [0.15, 0.2) is 0 Å².